The van der Waals surface area contributed by atoms with Crippen LogP contribution in [0.2, 0.25) is 0 Å². The zero-order valence-electron chi connectivity index (χ0n) is 19.4. The molecule has 5 heterocycles. The van der Waals surface area contributed by atoms with E-state index in [0.29, 0.717) is 28.9 Å². The summed E-state index contributed by atoms with van der Waals surface area (Å²) in [5.74, 6) is 1.76. The highest BCUT2D eigenvalue weighted by atomic mass is 16.5. The lowest BCUT2D eigenvalue weighted by Crippen LogP contribution is -2.49. The van der Waals surface area contributed by atoms with E-state index in [-0.39, 0.29) is 5.91 Å². The molecule has 180 valence electrons. The van der Waals surface area contributed by atoms with Gasteiger partial charge in [0.25, 0.3) is 5.91 Å². The molecule has 2 aliphatic heterocycles. The number of benzene rings is 1. The summed E-state index contributed by atoms with van der Waals surface area (Å²) in [5.41, 5.74) is 3.01. The van der Waals surface area contributed by atoms with Crippen LogP contribution in [0.5, 0.6) is 0 Å². The van der Waals surface area contributed by atoms with Crippen LogP contribution in [0.1, 0.15) is 23.2 Å². The number of fused-ring (bicyclic) bond motifs is 1. The number of nitrogens with zero attached hydrogens (tertiary/aromatic N) is 5. The SMILES string of the molecule is O=C(Nc1cc(-c2nc3ccccc3[nH]2)[nH]n1)c1ccc(N2CCC(N3CCOCC3)CC2)nc1. The van der Waals surface area contributed by atoms with Gasteiger partial charge >= 0.3 is 0 Å². The van der Waals surface area contributed by atoms with Crippen molar-refractivity contribution >= 4 is 28.6 Å². The molecule has 0 saturated carbocycles. The molecule has 0 atom stereocenters. The van der Waals surface area contributed by atoms with E-state index in [1.807, 2.05) is 36.4 Å². The maximum absolute atomic E-state index is 12.7. The van der Waals surface area contributed by atoms with Crippen molar-refractivity contribution in [1.29, 1.82) is 0 Å². The summed E-state index contributed by atoms with van der Waals surface area (Å²) in [6, 6.07) is 13.9. The lowest BCUT2D eigenvalue weighted by Gasteiger charge is -2.40. The van der Waals surface area contributed by atoms with Gasteiger partial charge in [0.2, 0.25) is 0 Å². The fourth-order valence-corrected chi connectivity index (χ4v) is 4.89. The zero-order valence-corrected chi connectivity index (χ0v) is 19.4. The van der Waals surface area contributed by atoms with Crippen molar-refractivity contribution in [1.82, 2.24) is 30.0 Å². The Labute approximate surface area is 202 Å². The Morgan fingerprint density at radius 3 is 2.66 bits per heavy atom. The van der Waals surface area contributed by atoms with Crippen molar-refractivity contribution in [2.45, 2.75) is 18.9 Å². The van der Waals surface area contributed by atoms with Crippen molar-refractivity contribution in [3.05, 3.63) is 54.2 Å². The number of ether oxygens (including phenoxy) is 1. The van der Waals surface area contributed by atoms with E-state index >= 15 is 0 Å². The molecule has 10 heteroatoms. The summed E-state index contributed by atoms with van der Waals surface area (Å²) < 4.78 is 5.48. The summed E-state index contributed by atoms with van der Waals surface area (Å²) in [7, 11) is 0. The smallest absolute Gasteiger partial charge is 0.258 e. The molecule has 3 N–H and O–H groups in total. The average molecular weight is 473 g/mol. The number of carbonyl (C=O) groups excluding carboxylic acids is 1. The lowest BCUT2D eigenvalue weighted by molar-refractivity contribution is 0.0115. The number of morpholine rings is 1. The quantitative estimate of drug-likeness (QED) is 0.409. The van der Waals surface area contributed by atoms with Gasteiger partial charge in [-0.1, -0.05) is 12.1 Å². The minimum Gasteiger partial charge on any atom is -0.379 e. The highest BCUT2D eigenvalue weighted by molar-refractivity contribution is 6.03. The molecular formula is C25H28N8O2. The molecule has 4 aromatic rings. The summed E-state index contributed by atoms with van der Waals surface area (Å²) in [6.45, 7) is 5.68. The second-order valence-electron chi connectivity index (χ2n) is 9.00. The Bertz CT molecular complexity index is 1270. The maximum Gasteiger partial charge on any atom is 0.258 e. The minimum atomic E-state index is -0.252. The average Bonchev–Trinajstić information content (AvgIpc) is 3.56. The van der Waals surface area contributed by atoms with E-state index in [9.17, 15) is 4.79 Å². The number of imidazole rings is 1. The number of piperidine rings is 1. The second kappa shape index (κ2) is 9.47. The van der Waals surface area contributed by atoms with Gasteiger partial charge in [-0.2, -0.15) is 5.10 Å². The molecule has 0 bridgehead atoms. The number of rotatable bonds is 5. The molecular weight excluding hydrogens is 444 g/mol. The number of nitrogens with one attached hydrogen (secondary N) is 3. The van der Waals surface area contributed by atoms with Crippen molar-refractivity contribution < 1.29 is 9.53 Å². The van der Waals surface area contributed by atoms with Gasteiger partial charge in [0, 0.05) is 44.5 Å². The van der Waals surface area contributed by atoms with Crippen LogP contribution in [0.4, 0.5) is 11.6 Å². The van der Waals surface area contributed by atoms with E-state index in [4.69, 9.17) is 4.74 Å². The third-order valence-corrected chi connectivity index (χ3v) is 6.82. The molecule has 2 saturated heterocycles. The molecule has 0 radical (unpaired) electrons. The van der Waals surface area contributed by atoms with Crippen LogP contribution in [0, 0.1) is 0 Å². The first-order chi connectivity index (χ1) is 17.2. The molecule has 0 spiro atoms. The van der Waals surface area contributed by atoms with Gasteiger partial charge < -0.3 is 19.9 Å². The number of aromatic nitrogens is 5. The van der Waals surface area contributed by atoms with E-state index in [1.54, 1.807) is 12.3 Å². The topological polar surface area (TPSA) is 115 Å². The molecule has 3 aromatic heterocycles. The Kier molecular flexibility index (Phi) is 5.89. The number of pyridine rings is 1. The Morgan fingerprint density at radius 2 is 1.89 bits per heavy atom. The van der Waals surface area contributed by atoms with Crippen molar-refractivity contribution in [3.8, 4) is 11.5 Å². The van der Waals surface area contributed by atoms with Gasteiger partial charge in [0.15, 0.2) is 11.6 Å². The molecule has 1 aromatic carbocycles. The van der Waals surface area contributed by atoms with Gasteiger partial charge in [-0.15, -0.1) is 0 Å². The van der Waals surface area contributed by atoms with Gasteiger partial charge in [-0.05, 0) is 37.1 Å². The number of para-hydroxylation sites is 2. The van der Waals surface area contributed by atoms with E-state index in [0.717, 1.165) is 69.1 Å². The van der Waals surface area contributed by atoms with E-state index in [1.165, 1.54) is 0 Å². The molecule has 0 aliphatic carbocycles. The molecule has 1 amide bonds. The molecule has 0 unspecified atom stereocenters. The molecule has 2 aliphatic rings. The van der Waals surface area contributed by atoms with Crippen LogP contribution >= 0.6 is 0 Å². The molecule has 10 nitrogen and oxygen atoms in total. The number of amides is 1. The number of anilines is 2. The first kappa shape index (κ1) is 21.8. The first-order valence-corrected chi connectivity index (χ1v) is 12.1. The normalized spacial score (nSPS) is 17.7. The van der Waals surface area contributed by atoms with Crippen molar-refractivity contribution in [3.63, 3.8) is 0 Å². The van der Waals surface area contributed by atoms with E-state index < -0.39 is 0 Å². The number of hydrogen-bond acceptors (Lipinski definition) is 7. The first-order valence-electron chi connectivity index (χ1n) is 12.1. The highest BCUT2D eigenvalue weighted by Gasteiger charge is 2.26. The number of aromatic amines is 2. The summed E-state index contributed by atoms with van der Waals surface area (Å²) in [6.07, 6.45) is 3.87. The van der Waals surface area contributed by atoms with Crippen LogP contribution in [-0.2, 0) is 4.74 Å². The van der Waals surface area contributed by atoms with Gasteiger partial charge in [-0.25, -0.2) is 9.97 Å². The second-order valence-corrected chi connectivity index (χ2v) is 9.00. The summed E-state index contributed by atoms with van der Waals surface area (Å²) in [5, 5.41) is 9.97. The molecule has 6 rings (SSSR count). The van der Waals surface area contributed by atoms with Crippen LogP contribution in [0.25, 0.3) is 22.6 Å². The van der Waals surface area contributed by atoms with Crippen LogP contribution < -0.4 is 10.2 Å². The van der Waals surface area contributed by atoms with Gasteiger partial charge in [-0.3, -0.25) is 14.8 Å². The summed E-state index contributed by atoms with van der Waals surface area (Å²) >= 11 is 0. The monoisotopic (exact) mass is 472 g/mol. The van der Waals surface area contributed by atoms with Crippen molar-refractivity contribution in [2.24, 2.45) is 0 Å². The fraction of sp³-hybridized carbons (Fsp3) is 0.360. The van der Waals surface area contributed by atoms with Crippen LogP contribution in [0.3, 0.4) is 0 Å². The minimum absolute atomic E-state index is 0.252. The zero-order chi connectivity index (χ0) is 23.6. The number of H-pyrrole nitrogens is 2. The standard InChI is InChI=1S/C25H28N8O2/c34-25(29-22-15-21(30-31-22)24-27-19-3-1-2-4-20(19)28-24)17-5-6-23(26-16-17)33-9-7-18(8-10-33)32-11-13-35-14-12-32/h1-6,15-16,18H,7-14H2,(H,27,28)(H2,29,30,31,34). The number of hydrogen-bond donors (Lipinski definition) is 3. The van der Waals surface area contributed by atoms with Crippen LogP contribution in [-0.4, -0.2) is 81.4 Å². The molecule has 2 fully saturated rings. The summed E-state index contributed by atoms with van der Waals surface area (Å²) in [4.78, 5) is 30.0. The Morgan fingerprint density at radius 1 is 1.06 bits per heavy atom. The molecule has 35 heavy (non-hydrogen) atoms. The Hall–Kier alpha value is -3.76. The van der Waals surface area contributed by atoms with Gasteiger partial charge in [0.1, 0.15) is 11.5 Å². The predicted octanol–water partition coefficient (Wildman–Crippen LogP) is 2.90. The van der Waals surface area contributed by atoms with Gasteiger partial charge in [0.05, 0.1) is 29.8 Å². The maximum atomic E-state index is 12.7. The van der Waals surface area contributed by atoms with Crippen molar-refractivity contribution in [2.75, 3.05) is 49.6 Å². The third-order valence-electron chi connectivity index (χ3n) is 6.82. The van der Waals surface area contributed by atoms with E-state index in [2.05, 4.69) is 40.3 Å². The largest absolute Gasteiger partial charge is 0.379 e. The van der Waals surface area contributed by atoms with Crippen LogP contribution in [0.15, 0.2) is 48.7 Å². The lowest BCUT2D eigenvalue weighted by atomic mass is 10.0. The Balaban J connectivity index is 1.06. The predicted molar refractivity (Wildman–Crippen MR) is 133 cm³/mol. The number of carbonyl (C=O) groups is 1. The third kappa shape index (κ3) is 4.62. The fourth-order valence-electron chi connectivity index (χ4n) is 4.89. The highest BCUT2D eigenvalue weighted by Crippen LogP contribution is 2.23.